The number of aromatic nitrogens is 2. The molecule has 0 radical (unpaired) electrons. The number of hydrogen-bond donors (Lipinski definition) is 1. The summed E-state index contributed by atoms with van der Waals surface area (Å²) in [5, 5.41) is 5.48. The maximum Gasteiger partial charge on any atom is 0.211 e. The summed E-state index contributed by atoms with van der Waals surface area (Å²) in [4.78, 5) is 5.53. The van der Waals surface area contributed by atoms with E-state index in [2.05, 4.69) is 10.3 Å². The van der Waals surface area contributed by atoms with E-state index in [0.29, 0.717) is 19.1 Å². The molecule has 1 fully saturated rings. The maximum atomic E-state index is 11.4. The fourth-order valence-electron chi connectivity index (χ4n) is 2.50. The SMILES string of the molecule is CS(=O)(=O)N1CCC(NCc2cn3ccsc3n2)CC1. The molecule has 6 nitrogen and oxygen atoms in total. The first kappa shape index (κ1) is 14.0. The van der Waals surface area contributed by atoms with Crippen molar-refractivity contribution < 1.29 is 8.42 Å². The van der Waals surface area contributed by atoms with Gasteiger partial charge in [-0.05, 0) is 12.8 Å². The van der Waals surface area contributed by atoms with Crippen LogP contribution in [0.3, 0.4) is 0 Å². The van der Waals surface area contributed by atoms with Crippen molar-refractivity contribution in [3.05, 3.63) is 23.5 Å². The molecular weight excluding hydrogens is 296 g/mol. The van der Waals surface area contributed by atoms with Crippen LogP contribution in [0.5, 0.6) is 0 Å². The summed E-state index contributed by atoms with van der Waals surface area (Å²) >= 11 is 1.62. The van der Waals surface area contributed by atoms with Gasteiger partial charge in [-0.15, -0.1) is 11.3 Å². The fraction of sp³-hybridized carbons (Fsp3) is 0.583. The van der Waals surface area contributed by atoms with Crippen LogP contribution in [0.2, 0.25) is 0 Å². The molecule has 1 aliphatic heterocycles. The Hall–Kier alpha value is -0.960. The zero-order valence-electron chi connectivity index (χ0n) is 11.3. The van der Waals surface area contributed by atoms with Crippen molar-refractivity contribution >= 4 is 26.3 Å². The number of hydrogen-bond acceptors (Lipinski definition) is 5. The van der Waals surface area contributed by atoms with E-state index in [1.54, 1.807) is 15.6 Å². The minimum atomic E-state index is -3.03. The van der Waals surface area contributed by atoms with Crippen LogP contribution in [0, 0.1) is 0 Å². The molecule has 0 spiro atoms. The number of imidazole rings is 1. The molecule has 0 aliphatic carbocycles. The minimum Gasteiger partial charge on any atom is -0.308 e. The van der Waals surface area contributed by atoms with Crippen molar-refractivity contribution in [2.75, 3.05) is 19.3 Å². The van der Waals surface area contributed by atoms with Gasteiger partial charge in [-0.25, -0.2) is 17.7 Å². The first-order chi connectivity index (χ1) is 9.52. The largest absolute Gasteiger partial charge is 0.308 e. The molecular formula is C12H18N4O2S2. The highest BCUT2D eigenvalue weighted by Gasteiger charge is 2.24. The van der Waals surface area contributed by atoms with E-state index in [1.807, 2.05) is 22.2 Å². The normalized spacial score (nSPS) is 18.9. The minimum absolute atomic E-state index is 0.368. The molecule has 1 saturated heterocycles. The molecule has 0 saturated carbocycles. The predicted octanol–water partition coefficient (Wildman–Crippen LogP) is 0.909. The van der Waals surface area contributed by atoms with Crippen molar-refractivity contribution in [2.45, 2.75) is 25.4 Å². The lowest BCUT2D eigenvalue weighted by atomic mass is 10.1. The molecule has 0 atom stereocenters. The zero-order valence-corrected chi connectivity index (χ0v) is 13.0. The van der Waals surface area contributed by atoms with Crippen molar-refractivity contribution in [2.24, 2.45) is 0 Å². The number of sulfonamides is 1. The van der Waals surface area contributed by atoms with E-state index >= 15 is 0 Å². The van der Waals surface area contributed by atoms with Crippen LogP contribution in [0.1, 0.15) is 18.5 Å². The second-order valence-corrected chi connectivity index (χ2v) is 8.00. The van der Waals surface area contributed by atoms with Crippen LogP contribution in [-0.4, -0.2) is 47.5 Å². The van der Waals surface area contributed by atoms with E-state index in [-0.39, 0.29) is 0 Å². The zero-order chi connectivity index (χ0) is 14.2. The molecule has 20 heavy (non-hydrogen) atoms. The molecule has 3 rings (SSSR count). The van der Waals surface area contributed by atoms with Gasteiger partial charge in [-0.2, -0.15) is 0 Å². The molecule has 0 bridgehead atoms. The van der Waals surface area contributed by atoms with Crippen LogP contribution < -0.4 is 5.32 Å². The van der Waals surface area contributed by atoms with Gasteiger partial charge in [0.1, 0.15) is 0 Å². The number of thiazole rings is 1. The number of nitrogens with zero attached hydrogens (tertiary/aromatic N) is 3. The smallest absolute Gasteiger partial charge is 0.211 e. The van der Waals surface area contributed by atoms with E-state index in [1.165, 1.54) is 6.26 Å². The van der Waals surface area contributed by atoms with Gasteiger partial charge in [-0.1, -0.05) is 0 Å². The molecule has 0 amide bonds. The van der Waals surface area contributed by atoms with Crippen molar-refractivity contribution in [1.29, 1.82) is 0 Å². The Morgan fingerprint density at radius 2 is 2.20 bits per heavy atom. The number of piperidine rings is 1. The Morgan fingerprint density at radius 1 is 1.45 bits per heavy atom. The Kier molecular flexibility index (Phi) is 3.80. The van der Waals surface area contributed by atoms with Crippen LogP contribution in [0.25, 0.3) is 4.96 Å². The first-order valence-electron chi connectivity index (χ1n) is 6.62. The lowest BCUT2D eigenvalue weighted by Gasteiger charge is -2.30. The van der Waals surface area contributed by atoms with Crippen molar-refractivity contribution in [3.8, 4) is 0 Å². The van der Waals surface area contributed by atoms with E-state index in [0.717, 1.165) is 30.0 Å². The molecule has 2 aromatic rings. The molecule has 1 N–H and O–H groups in total. The lowest BCUT2D eigenvalue weighted by molar-refractivity contribution is 0.289. The molecule has 0 unspecified atom stereocenters. The highest BCUT2D eigenvalue weighted by Crippen LogP contribution is 2.15. The summed E-state index contributed by atoms with van der Waals surface area (Å²) in [5.41, 5.74) is 1.03. The Labute approximate surface area is 122 Å². The van der Waals surface area contributed by atoms with Crippen molar-refractivity contribution in [3.63, 3.8) is 0 Å². The van der Waals surface area contributed by atoms with Gasteiger partial charge >= 0.3 is 0 Å². The van der Waals surface area contributed by atoms with Gasteiger partial charge < -0.3 is 5.32 Å². The summed E-state index contributed by atoms with van der Waals surface area (Å²) in [6, 6.07) is 0.368. The number of nitrogens with one attached hydrogen (secondary N) is 1. The number of fused-ring (bicyclic) bond motifs is 1. The molecule has 3 heterocycles. The molecule has 1 aliphatic rings. The van der Waals surface area contributed by atoms with Gasteiger partial charge in [0.2, 0.25) is 10.0 Å². The third-order valence-electron chi connectivity index (χ3n) is 3.64. The van der Waals surface area contributed by atoms with Crippen LogP contribution >= 0.6 is 11.3 Å². The van der Waals surface area contributed by atoms with E-state index < -0.39 is 10.0 Å². The number of rotatable bonds is 4. The molecule has 8 heteroatoms. The molecule has 0 aromatic carbocycles. The standard InChI is InChI=1S/C12H18N4O2S2/c1-20(17,18)16-4-2-10(3-5-16)13-8-11-9-15-6-7-19-12(15)14-11/h6-7,9-10,13H,2-5,8H2,1H3. The first-order valence-corrected chi connectivity index (χ1v) is 9.35. The predicted molar refractivity (Wildman–Crippen MR) is 79.3 cm³/mol. The summed E-state index contributed by atoms with van der Waals surface area (Å²) < 4.78 is 26.4. The molecule has 2 aromatic heterocycles. The second-order valence-electron chi connectivity index (χ2n) is 5.14. The summed E-state index contributed by atoms with van der Waals surface area (Å²) in [7, 11) is -3.03. The third-order valence-corrected chi connectivity index (χ3v) is 5.71. The fourth-order valence-corrected chi connectivity index (χ4v) is 4.09. The highest BCUT2D eigenvalue weighted by molar-refractivity contribution is 7.88. The van der Waals surface area contributed by atoms with Gasteiger partial charge in [-0.3, -0.25) is 4.40 Å². The molecule has 110 valence electrons. The van der Waals surface area contributed by atoms with Crippen LogP contribution in [0.4, 0.5) is 0 Å². The Balaban J connectivity index is 1.51. The average molecular weight is 314 g/mol. The van der Waals surface area contributed by atoms with Gasteiger partial charge in [0.25, 0.3) is 0 Å². The topological polar surface area (TPSA) is 66.7 Å². The quantitative estimate of drug-likeness (QED) is 0.911. The van der Waals surface area contributed by atoms with Gasteiger partial charge in [0.15, 0.2) is 4.96 Å². The average Bonchev–Trinajstić information content (AvgIpc) is 2.96. The Morgan fingerprint density at radius 3 is 2.85 bits per heavy atom. The highest BCUT2D eigenvalue weighted by atomic mass is 32.2. The van der Waals surface area contributed by atoms with Gasteiger partial charge in [0.05, 0.1) is 11.9 Å². The van der Waals surface area contributed by atoms with E-state index in [4.69, 9.17) is 0 Å². The lowest BCUT2D eigenvalue weighted by Crippen LogP contribution is -2.44. The maximum absolute atomic E-state index is 11.4. The summed E-state index contributed by atoms with van der Waals surface area (Å²) in [5.74, 6) is 0. The van der Waals surface area contributed by atoms with Crippen LogP contribution in [0.15, 0.2) is 17.8 Å². The Bertz CT molecular complexity index is 655. The van der Waals surface area contributed by atoms with Crippen molar-refractivity contribution in [1.82, 2.24) is 19.0 Å². The second kappa shape index (κ2) is 5.44. The monoisotopic (exact) mass is 314 g/mol. The van der Waals surface area contributed by atoms with Crippen LogP contribution in [-0.2, 0) is 16.6 Å². The summed E-state index contributed by atoms with van der Waals surface area (Å²) in [6.07, 6.45) is 7.02. The van der Waals surface area contributed by atoms with E-state index in [9.17, 15) is 8.42 Å². The third kappa shape index (κ3) is 3.03. The van der Waals surface area contributed by atoms with Gasteiger partial charge in [0, 0.05) is 43.4 Å². The summed E-state index contributed by atoms with van der Waals surface area (Å²) in [6.45, 7) is 1.95.